The van der Waals surface area contributed by atoms with E-state index in [-0.39, 0.29) is 27.9 Å². The van der Waals surface area contributed by atoms with Gasteiger partial charge in [0.1, 0.15) is 0 Å². The molecule has 7 nitrogen and oxygen atoms in total. The molecule has 2 amide bonds. The molecule has 0 bridgehead atoms. The third kappa shape index (κ3) is 3.37. The average Bonchev–Trinajstić information content (AvgIpc) is 2.44. The number of hydrogen-bond donors (Lipinski definition) is 3. The summed E-state index contributed by atoms with van der Waals surface area (Å²) in [4.78, 5) is 34.0. The second-order valence-corrected chi connectivity index (χ2v) is 5.41. The molecular formula is C12H11N2NaO5. The van der Waals surface area contributed by atoms with E-state index in [1.165, 1.54) is 0 Å². The van der Waals surface area contributed by atoms with Gasteiger partial charge in [-0.1, -0.05) is 0 Å². The first-order valence-corrected chi connectivity index (χ1v) is 7.19. The number of nitrogens with one attached hydrogen (secondary N) is 2. The monoisotopic (exact) mass is 286 g/mol. The van der Waals surface area contributed by atoms with Crippen LogP contribution >= 0.6 is 0 Å². The number of hydrogen-bond acceptors (Lipinski definition) is 4. The molecule has 20 heavy (non-hydrogen) atoms. The average molecular weight is 286 g/mol. The number of rotatable bonds is 5. The van der Waals surface area contributed by atoms with Crippen LogP contribution in [0.25, 0.3) is 0 Å². The molecular weight excluding hydrogens is 275 g/mol. The summed E-state index contributed by atoms with van der Waals surface area (Å²) in [7, 11) is 0. The first kappa shape index (κ1) is 15.0. The molecule has 1 fully saturated rings. The maximum absolute atomic E-state index is 11.9. The van der Waals surface area contributed by atoms with E-state index < -0.39 is 33.4 Å². The van der Waals surface area contributed by atoms with Gasteiger partial charge in [-0.05, 0) is 0 Å². The standard InChI is InChI=1S/C12H11N2O5.Na/c15-8(16)6-19-12-9(11(18)14-12)13-10(17)7-4-2-1-3-5-7;/h1-6,9,12H,(H,13,17)(H,14,18)(H,15,16);/t9-,12+;/m0./s1. The summed E-state index contributed by atoms with van der Waals surface area (Å²) >= 11 is 0.283. The van der Waals surface area contributed by atoms with Crippen molar-refractivity contribution >= 4 is 45.7 Å². The molecule has 0 aromatic heterocycles. The van der Waals surface area contributed by atoms with Gasteiger partial charge in [-0.15, -0.1) is 0 Å². The van der Waals surface area contributed by atoms with Gasteiger partial charge in [0.05, 0.1) is 0 Å². The Morgan fingerprint density at radius 2 is 2.00 bits per heavy atom. The van der Waals surface area contributed by atoms with Gasteiger partial charge in [-0.2, -0.15) is 0 Å². The topological polar surface area (TPSA) is 105 Å². The molecule has 1 aromatic rings. The van der Waals surface area contributed by atoms with E-state index in [1.54, 1.807) is 30.3 Å². The molecule has 1 heterocycles. The SMILES string of the molecule is O=C(N[C@H]1C(=O)N[C@@H]1O[CH]([Na])C(=O)O)c1ccccc1. The van der Waals surface area contributed by atoms with Crippen LogP contribution in [-0.4, -0.2) is 66.4 Å². The molecule has 0 aliphatic carbocycles. The molecule has 1 aliphatic heterocycles. The van der Waals surface area contributed by atoms with Gasteiger partial charge in [-0.25, -0.2) is 0 Å². The van der Waals surface area contributed by atoms with Crippen molar-refractivity contribution in [3.8, 4) is 0 Å². The van der Waals surface area contributed by atoms with Gasteiger partial charge in [0.2, 0.25) is 0 Å². The Morgan fingerprint density at radius 1 is 1.35 bits per heavy atom. The fourth-order valence-corrected chi connectivity index (χ4v) is 1.99. The van der Waals surface area contributed by atoms with Gasteiger partial charge < -0.3 is 0 Å². The molecule has 100 valence electrons. The van der Waals surface area contributed by atoms with Crippen molar-refractivity contribution in [3.63, 3.8) is 0 Å². The van der Waals surface area contributed by atoms with Crippen LogP contribution in [0.15, 0.2) is 30.3 Å². The third-order valence-electron chi connectivity index (χ3n) is 2.89. The predicted octanol–water partition coefficient (Wildman–Crippen LogP) is -1.16. The number of benzene rings is 1. The van der Waals surface area contributed by atoms with Crippen LogP contribution in [0.1, 0.15) is 10.4 Å². The number of carbonyl (C=O) groups excluding carboxylic acids is 2. The molecule has 0 spiro atoms. The summed E-state index contributed by atoms with van der Waals surface area (Å²) in [5, 5.41) is 13.7. The predicted molar refractivity (Wildman–Crippen MR) is 67.9 cm³/mol. The van der Waals surface area contributed by atoms with Crippen molar-refractivity contribution in [3.05, 3.63) is 35.9 Å². The van der Waals surface area contributed by atoms with E-state index in [0.29, 0.717) is 5.56 Å². The number of carboxylic acid groups (broad SMARTS) is 1. The summed E-state index contributed by atoms with van der Waals surface area (Å²) in [6, 6.07) is 7.57. The summed E-state index contributed by atoms with van der Waals surface area (Å²) in [6.07, 6.45) is -0.797. The zero-order chi connectivity index (χ0) is 14.7. The number of aliphatic carboxylic acids is 1. The van der Waals surface area contributed by atoms with Crippen molar-refractivity contribution in [2.24, 2.45) is 0 Å². The zero-order valence-corrected chi connectivity index (χ0v) is 12.7. The van der Waals surface area contributed by atoms with E-state index in [0.717, 1.165) is 0 Å². The Kier molecular flexibility index (Phi) is 4.77. The first-order valence-electron chi connectivity index (χ1n) is 6.03. The number of amides is 2. The van der Waals surface area contributed by atoms with E-state index in [1.807, 2.05) is 0 Å². The van der Waals surface area contributed by atoms with Crippen molar-refractivity contribution in [2.75, 3.05) is 0 Å². The van der Waals surface area contributed by atoms with E-state index in [4.69, 9.17) is 9.84 Å². The second kappa shape index (κ2) is 6.36. The van der Waals surface area contributed by atoms with Crippen LogP contribution in [0.3, 0.4) is 0 Å². The van der Waals surface area contributed by atoms with Crippen LogP contribution in [0.2, 0.25) is 0 Å². The summed E-state index contributed by atoms with van der Waals surface area (Å²) in [5.74, 6) is -1.87. The molecule has 0 radical (unpaired) electrons. The normalized spacial score (nSPS) is 22.4. The van der Waals surface area contributed by atoms with Crippen molar-refractivity contribution in [1.29, 1.82) is 0 Å². The molecule has 3 atom stereocenters. The van der Waals surface area contributed by atoms with E-state index in [9.17, 15) is 14.4 Å². The molecule has 2 rings (SSSR count). The van der Waals surface area contributed by atoms with Gasteiger partial charge in [0.15, 0.2) is 0 Å². The van der Waals surface area contributed by atoms with Crippen LogP contribution in [0.4, 0.5) is 0 Å². The molecule has 1 saturated heterocycles. The number of β-lactam (4-membered cyclic amide) rings is 1. The van der Waals surface area contributed by atoms with Gasteiger partial charge in [0.25, 0.3) is 0 Å². The Bertz CT molecular complexity index is 536. The quantitative estimate of drug-likeness (QED) is 0.467. The summed E-state index contributed by atoms with van der Waals surface area (Å²) in [5.41, 5.74) is 0.423. The fraction of sp³-hybridized carbons (Fsp3) is 0.250. The Balaban J connectivity index is 1.96. The van der Waals surface area contributed by atoms with Gasteiger partial charge in [0, 0.05) is 0 Å². The number of carbonyl (C=O) groups is 3. The van der Waals surface area contributed by atoms with Crippen molar-refractivity contribution in [1.82, 2.24) is 10.6 Å². The van der Waals surface area contributed by atoms with Crippen LogP contribution < -0.4 is 10.6 Å². The summed E-state index contributed by atoms with van der Waals surface area (Å²) in [6.45, 7) is 0. The second-order valence-electron chi connectivity index (χ2n) is 4.36. The molecule has 8 heteroatoms. The molecule has 3 N–H and O–H groups in total. The van der Waals surface area contributed by atoms with Crippen molar-refractivity contribution < 1.29 is 24.2 Å². The number of ether oxygens (including phenoxy) is 1. The van der Waals surface area contributed by atoms with Gasteiger partial charge >= 0.3 is 132 Å². The summed E-state index contributed by atoms with van der Waals surface area (Å²) < 4.78 is 4.25. The molecule has 1 aromatic carbocycles. The van der Waals surface area contributed by atoms with E-state index >= 15 is 0 Å². The number of carboxylic acids is 1. The fourth-order valence-electron chi connectivity index (χ4n) is 1.70. The first-order chi connectivity index (χ1) is 9.49. The van der Waals surface area contributed by atoms with Crippen LogP contribution in [0.5, 0.6) is 0 Å². The zero-order valence-electron chi connectivity index (χ0n) is 10.7. The molecule has 1 unspecified atom stereocenters. The molecule has 0 saturated carbocycles. The minimum absolute atomic E-state index is 0.283. The third-order valence-corrected chi connectivity index (χ3v) is 3.66. The molecule has 1 aliphatic rings. The van der Waals surface area contributed by atoms with Crippen molar-refractivity contribution in [2.45, 2.75) is 15.6 Å². The van der Waals surface area contributed by atoms with E-state index in [2.05, 4.69) is 10.6 Å². The van der Waals surface area contributed by atoms with Crippen LogP contribution in [0, 0.1) is 0 Å². The Morgan fingerprint density at radius 3 is 2.55 bits per heavy atom. The van der Waals surface area contributed by atoms with Gasteiger partial charge in [-0.3, -0.25) is 0 Å². The van der Waals surface area contributed by atoms with Crippen LogP contribution in [-0.2, 0) is 14.3 Å². The minimum atomic E-state index is -1.08. The maximum atomic E-state index is 11.9. The Hall–Kier alpha value is -1.41. The Labute approximate surface area is 132 Å².